The summed E-state index contributed by atoms with van der Waals surface area (Å²) in [5.74, 6) is 0.470. The van der Waals surface area contributed by atoms with Crippen molar-refractivity contribution in [1.82, 2.24) is 14.8 Å². The maximum absolute atomic E-state index is 12.8. The van der Waals surface area contributed by atoms with Crippen molar-refractivity contribution >= 4 is 5.82 Å². The van der Waals surface area contributed by atoms with Crippen LogP contribution in [0.5, 0.6) is 0 Å². The zero-order chi connectivity index (χ0) is 13.1. The van der Waals surface area contributed by atoms with Gasteiger partial charge in [0.2, 0.25) is 0 Å². The largest absolute Gasteiger partial charge is 0.361 e. The third-order valence-corrected chi connectivity index (χ3v) is 2.70. The molecule has 0 aliphatic carbocycles. The number of rotatable bonds is 4. The topological polar surface area (TPSA) is 42.7 Å². The Morgan fingerprint density at radius 2 is 2.00 bits per heavy atom. The molecule has 0 amide bonds. The van der Waals surface area contributed by atoms with Gasteiger partial charge in [0.15, 0.2) is 0 Å². The SMILES string of the molecule is CC(Nc1ccn(C(C)C)n1)c1ccc(F)cn1. The minimum Gasteiger partial charge on any atom is -0.361 e. The van der Waals surface area contributed by atoms with Gasteiger partial charge in [-0.15, -0.1) is 0 Å². The molecule has 18 heavy (non-hydrogen) atoms. The number of hydrogen-bond acceptors (Lipinski definition) is 3. The molecule has 0 spiro atoms. The summed E-state index contributed by atoms with van der Waals surface area (Å²) in [7, 11) is 0. The molecule has 0 radical (unpaired) electrons. The fourth-order valence-corrected chi connectivity index (χ4v) is 1.64. The lowest BCUT2D eigenvalue weighted by atomic mass is 10.2. The first-order valence-corrected chi connectivity index (χ1v) is 5.99. The van der Waals surface area contributed by atoms with Gasteiger partial charge in [0.1, 0.15) is 11.6 Å². The van der Waals surface area contributed by atoms with E-state index in [1.54, 1.807) is 6.07 Å². The summed E-state index contributed by atoms with van der Waals surface area (Å²) in [6.45, 7) is 6.11. The Bertz CT molecular complexity index is 504. The smallest absolute Gasteiger partial charge is 0.148 e. The van der Waals surface area contributed by atoms with Crippen LogP contribution in [0, 0.1) is 5.82 Å². The van der Waals surface area contributed by atoms with Crippen LogP contribution in [0.15, 0.2) is 30.6 Å². The summed E-state index contributed by atoms with van der Waals surface area (Å²) in [6.07, 6.45) is 3.15. The molecule has 0 aromatic carbocycles. The fraction of sp³-hybridized carbons (Fsp3) is 0.385. The van der Waals surface area contributed by atoms with Crippen LogP contribution in [-0.2, 0) is 0 Å². The predicted molar refractivity (Wildman–Crippen MR) is 68.8 cm³/mol. The van der Waals surface area contributed by atoms with Gasteiger partial charge in [0.05, 0.1) is 17.9 Å². The number of hydrogen-bond donors (Lipinski definition) is 1. The molecule has 1 N–H and O–H groups in total. The minimum absolute atomic E-state index is 0.0129. The highest BCUT2D eigenvalue weighted by atomic mass is 19.1. The van der Waals surface area contributed by atoms with Crippen LogP contribution in [0.4, 0.5) is 10.2 Å². The van der Waals surface area contributed by atoms with Gasteiger partial charge in [-0.3, -0.25) is 9.67 Å². The summed E-state index contributed by atoms with van der Waals surface area (Å²) in [5.41, 5.74) is 0.787. The van der Waals surface area contributed by atoms with Crippen molar-refractivity contribution in [3.05, 3.63) is 42.1 Å². The molecular weight excluding hydrogens is 231 g/mol. The average molecular weight is 248 g/mol. The highest BCUT2D eigenvalue weighted by Gasteiger charge is 2.09. The first-order valence-electron chi connectivity index (χ1n) is 5.99. The molecular formula is C13H17FN4. The van der Waals surface area contributed by atoms with E-state index >= 15 is 0 Å². The normalized spacial score (nSPS) is 12.7. The molecule has 1 unspecified atom stereocenters. The van der Waals surface area contributed by atoms with Crippen LogP contribution in [0.25, 0.3) is 0 Å². The average Bonchev–Trinajstić information content (AvgIpc) is 2.78. The van der Waals surface area contributed by atoms with Gasteiger partial charge in [-0.05, 0) is 32.9 Å². The molecule has 0 aliphatic heterocycles. The number of halogens is 1. The number of nitrogens with zero attached hydrogens (tertiary/aromatic N) is 3. The Kier molecular flexibility index (Phi) is 3.60. The van der Waals surface area contributed by atoms with Gasteiger partial charge in [-0.2, -0.15) is 5.10 Å². The lowest BCUT2D eigenvalue weighted by Crippen LogP contribution is -2.10. The van der Waals surface area contributed by atoms with Crippen molar-refractivity contribution in [3.63, 3.8) is 0 Å². The number of nitrogens with one attached hydrogen (secondary N) is 1. The molecule has 2 aromatic heterocycles. The zero-order valence-electron chi connectivity index (χ0n) is 10.8. The Balaban J connectivity index is 2.06. The van der Waals surface area contributed by atoms with E-state index < -0.39 is 0 Å². The van der Waals surface area contributed by atoms with Crippen molar-refractivity contribution < 1.29 is 4.39 Å². The molecule has 2 rings (SSSR count). The summed E-state index contributed by atoms with van der Waals surface area (Å²) < 4.78 is 14.7. The Morgan fingerprint density at radius 1 is 1.22 bits per heavy atom. The summed E-state index contributed by atoms with van der Waals surface area (Å²) in [4.78, 5) is 4.04. The van der Waals surface area contributed by atoms with Gasteiger partial charge in [-0.1, -0.05) is 0 Å². The van der Waals surface area contributed by atoms with E-state index in [-0.39, 0.29) is 11.9 Å². The van der Waals surface area contributed by atoms with Crippen LogP contribution >= 0.6 is 0 Å². The van der Waals surface area contributed by atoms with Crippen LogP contribution in [0.3, 0.4) is 0 Å². The lowest BCUT2D eigenvalue weighted by Gasteiger charge is -2.12. The predicted octanol–water partition coefficient (Wildman–Crippen LogP) is 3.17. The van der Waals surface area contributed by atoms with E-state index in [0.717, 1.165) is 11.5 Å². The second-order valence-electron chi connectivity index (χ2n) is 4.54. The van der Waals surface area contributed by atoms with Gasteiger partial charge in [0, 0.05) is 18.3 Å². The van der Waals surface area contributed by atoms with Gasteiger partial charge in [0.25, 0.3) is 0 Å². The maximum Gasteiger partial charge on any atom is 0.148 e. The van der Waals surface area contributed by atoms with Crippen molar-refractivity contribution in [2.75, 3.05) is 5.32 Å². The fourth-order valence-electron chi connectivity index (χ4n) is 1.64. The van der Waals surface area contributed by atoms with Crippen molar-refractivity contribution in [2.45, 2.75) is 32.9 Å². The monoisotopic (exact) mass is 248 g/mol. The van der Waals surface area contributed by atoms with Crippen LogP contribution in [-0.4, -0.2) is 14.8 Å². The molecule has 96 valence electrons. The van der Waals surface area contributed by atoms with Crippen LogP contribution in [0.2, 0.25) is 0 Å². The van der Waals surface area contributed by atoms with E-state index in [1.807, 2.05) is 23.9 Å². The first kappa shape index (κ1) is 12.5. The van der Waals surface area contributed by atoms with Crippen molar-refractivity contribution in [1.29, 1.82) is 0 Å². The van der Waals surface area contributed by atoms with E-state index in [9.17, 15) is 4.39 Å². The number of aromatic nitrogens is 3. The van der Waals surface area contributed by atoms with Crippen LogP contribution < -0.4 is 5.32 Å². The molecule has 1 atom stereocenters. The second kappa shape index (κ2) is 5.16. The highest BCUT2D eigenvalue weighted by Crippen LogP contribution is 2.17. The van der Waals surface area contributed by atoms with Crippen molar-refractivity contribution in [3.8, 4) is 0 Å². The number of anilines is 1. The summed E-state index contributed by atoms with van der Waals surface area (Å²) >= 11 is 0. The van der Waals surface area contributed by atoms with Gasteiger partial charge in [-0.25, -0.2) is 4.39 Å². The molecule has 2 aromatic rings. The van der Waals surface area contributed by atoms with Gasteiger partial charge >= 0.3 is 0 Å². The lowest BCUT2D eigenvalue weighted by molar-refractivity contribution is 0.533. The Hall–Kier alpha value is -1.91. The second-order valence-corrected chi connectivity index (χ2v) is 4.54. The third kappa shape index (κ3) is 2.85. The molecule has 0 aliphatic rings. The molecule has 0 fully saturated rings. The maximum atomic E-state index is 12.8. The molecule has 0 bridgehead atoms. The number of pyridine rings is 1. The molecule has 0 saturated carbocycles. The van der Waals surface area contributed by atoms with E-state index in [0.29, 0.717) is 6.04 Å². The first-order chi connectivity index (χ1) is 8.56. The zero-order valence-corrected chi connectivity index (χ0v) is 10.8. The van der Waals surface area contributed by atoms with Crippen molar-refractivity contribution in [2.24, 2.45) is 0 Å². The Morgan fingerprint density at radius 3 is 2.56 bits per heavy atom. The molecule has 4 nitrogen and oxygen atoms in total. The van der Waals surface area contributed by atoms with Gasteiger partial charge < -0.3 is 5.32 Å². The van der Waals surface area contributed by atoms with E-state index in [1.165, 1.54) is 12.3 Å². The molecule has 2 heterocycles. The summed E-state index contributed by atoms with van der Waals surface area (Å²) in [5, 5.41) is 7.63. The third-order valence-electron chi connectivity index (χ3n) is 2.70. The quantitative estimate of drug-likeness (QED) is 0.903. The molecule has 0 saturated heterocycles. The molecule has 5 heteroatoms. The van der Waals surface area contributed by atoms with E-state index in [4.69, 9.17) is 0 Å². The Labute approximate surface area is 106 Å². The highest BCUT2D eigenvalue weighted by molar-refractivity contribution is 5.35. The van der Waals surface area contributed by atoms with E-state index in [2.05, 4.69) is 29.2 Å². The minimum atomic E-state index is -0.324. The van der Waals surface area contributed by atoms with Crippen LogP contribution in [0.1, 0.15) is 38.5 Å². The standard InChI is InChI=1S/C13H17FN4/c1-9(2)18-7-6-13(17-18)16-10(3)12-5-4-11(14)8-15-12/h4-10H,1-3H3,(H,16,17). The summed E-state index contributed by atoms with van der Waals surface area (Å²) in [6, 6.07) is 5.32.